The van der Waals surface area contributed by atoms with Gasteiger partial charge in [-0.05, 0) is 13.3 Å². The summed E-state index contributed by atoms with van der Waals surface area (Å²) in [5.74, 6) is 0.158. The van der Waals surface area contributed by atoms with E-state index in [0.717, 1.165) is 25.8 Å². The molecule has 3 heterocycles. The fourth-order valence-corrected chi connectivity index (χ4v) is 3.78. The first-order valence-corrected chi connectivity index (χ1v) is 9.77. The summed E-state index contributed by atoms with van der Waals surface area (Å²) < 4.78 is 5.70. The molecule has 8 nitrogen and oxygen atoms in total. The summed E-state index contributed by atoms with van der Waals surface area (Å²) >= 11 is 0. The minimum atomic E-state index is -0.503. The number of hydrogen-bond donors (Lipinski definition) is 1. The van der Waals surface area contributed by atoms with Gasteiger partial charge < -0.3 is 19.5 Å². The van der Waals surface area contributed by atoms with Crippen LogP contribution in [0.2, 0.25) is 0 Å². The van der Waals surface area contributed by atoms with Crippen molar-refractivity contribution < 1.29 is 14.3 Å². The fourth-order valence-electron chi connectivity index (χ4n) is 3.78. The van der Waals surface area contributed by atoms with Crippen LogP contribution in [0.15, 0.2) is 11.0 Å². The highest BCUT2D eigenvalue weighted by atomic mass is 16.6. The number of hydrogen-bond acceptors (Lipinski definition) is 5. The first-order chi connectivity index (χ1) is 12.9. The minimum Gasteiger partial charge on any atom is -0.441 e. The summed E-state index contributed by atoms with van der Waals surface area (Å²) in [5.41, 5.74) is -0.868. The van der Waals surface area contributed by atoms with E-state index in [1.165, 1.54) is 12.6 Å². The molecule has 8 heteroatoms. The van der Waals surface area contributed by atoms with E-state index >= 15 is 0 Å². The number of piperidine rings is 1. The van der Waals surface area contributed by atoms with Gasteiger partial charge in [0.05, 0.1) is 6.54 Å². The molecule has 0 aliphatic carbocycles. The van der Waals surface area contributed by atoms with Crippen molar-refractivity contribution in [3.05, 3.63) is 27.9 Å². The van der Waals surface area contributed by atoms with E-state index in [1.54, 1.807) is 16.7 Å². The number of carbonyl (C=O) groups is 2. The van der Waals surface area contributed by atoms with Gasteiger partial charge in [0.2, 0.25) is 0 Å². The summed E-state index contributed by atoms with van der Waals surface area (Å²) in [6.07, 6.45) is 6.72. The van der Waals surface area contributed by atoms with Crippen LogP contribution in [0.4, 0.5) is 4.79 Å². The molecule has 2 aliphatic heterocycles. The summed E-state index contributed by atoms with van der Waals surface area (Å²) in [4.78, 5) is 46.8. The van der Waals surface area contributed by atoms with E-state index in [2.05, 4.69) is 16.9 Å². The van der Waals surface area contributed by atoms with Gasteiger partial charge in [0.15, 0.2) is 0 Å². The highest BCUT2D eigenvalue weighted by molar-refractivity contribution is 5.93. The molecule has 2 aliphatic rings. The van der Waals surface area contributed by atoms with Crippen LogP contribution >= 0.6 is 0 Å². The quantitative estimate of drug-likeness (QED) is 0.767. The molecule has 1 N–H and O–H groups in total. The zero-order chi connectivity index (χ0) is 19.4. The number of aromatic amines is 1. The molecule has 1 aromatic rings. The summed E-state index contributed by atoms with van der Waals surface area (Å²) in [5, 5.41) is 0. The normalized spacial score (nSPS) is 18.8. The smallest absolute Gasteiger partial charge is 0.410 e. The number of nitrogens with one attached hydrogen (secondary N) is 1. The largest absolute Gasteiger partial charge is 0.441 e. The lowest BCUT2D eigenvalue weighted by atomic mass is 9.91. The van der Waals surface area contributed by atoms with Crippen molar-refractivity contribution in [2.45, 2.75) is 58.0 Å². The van der Waals surface area contributed by atoms with Crippen molar-refractivity contribution in [3.63, 3.8) is 0 Å². The highest BCUT2D eigenvalue weighted by Gasteiger charge is 2.47. The molecule has 1 aromatic heterocycles. The number of likely N-dealkylation sites (tertiary alicyclic amines) is 1. The second-order valence-corrected chi connectivity index (χ2v) is 7.54. The van der Waals surface area contributed by atoms with Crippen molar-refractivity contribution in [2.24, 2.45) is 0 Å². The average molecular weight is 376 g/mol. The number of nitrogens with zero attached hydrogens (tertiary/aromatic N) is 3. The molecule has 3 rings (SSSR count). The second-order valence-electron chi connectivity index (χ2n) is 7.54. The Bertz CT molecular complexity index is 752. The molecule has 0 saturated carbocycles. The SMILES string of the molecule is CCCCCCN1CC2(CCN(C(=O)c3cnc(C)[nH]c3=O)CC2)OC1=O. The first kappa shape index (κ1) is 19.4. The molecule has 2 fully saturated rings. The van der Waals surface area contributed by atoms with E-state index in [4.69, 9.17) is 4.74 Å². The Labute approximate surface area is 158 Å². The summed E-state index contributed by atoms with van der Waals surface area (Å²) in [6.45, 7) is 6.07. The van der Waals surface area contributed by atoms with Gasteiger partial charge in [0, 0.05) is 38.7 Å². The van der Waals surface area contributed by atoms with Gasteiger partial charge in [-0.1, -0.05) is 26.2 Å². The molecule has 0 aromatic carbocycles. The van der Waals surface area contributed by atoms with Crippen molar-refractivity contribution >= 4 is 12.0 Å². The van der Waals surface area contributed by atoms with Crippen molar-refractivity contribution in [2.75, 3.05) is 26.2 Å². The predicted octanol–water partition coefficient (Wildman–Crippen LogP) is 2.09. The zero-order valence-electron chi connectivity index (χ0n) is 16.1. The maximum absolute atomic E-state index is 12.6. The lowest BCUT2D eigenvalue weighted by Gasteiger charge is -2.37. The van der Waals surface area contributed by atoms with Gasteiger partial charge in [-0.2, -0.15) is 0 Å². The number of ether oxygens (including phenoxy) is 1. The number of aryl methyl sites for hydroxylation is 1. The lowest BCUT2D eigenvalue weighted by molar-refractivity contribution is 0.00307. The summed E-state index contributed by atoms with van der Waals surface area (Å²) in [6, 6.07) is 0. The number of unbranched alkanes of at least 4 members (excludes halogenated alkanes) is 3. The van der Waals surface area contributed by atoms with Crippen LogP contribution in [0, 0.1) is 6.92 Å². The third kappa shape index (κ3) is 4.31. The molecule has 2 saturated heterocycles. The Balaban J connectivity index is 1.56. The second kappa shape index (κ2) is 8.10. The number of amides is 2. The third-order valence-corrected chi connectivity index (χ3v) is 5.44. The van der Waals surface area contributed by atoms with Gasteiger partial charge in [0.25, 0.3) is 11.5 Å². The predicted molar refractivity (Wildman–Crippen MR) is 99.7 cm³/mol. The van der Waals surface area contributed by atoms with Crippen molar-refractivity contribution in [3.8, 4) is 0 Å². The van der Waals surface area contributed by atoms with Crippen molar-refractivity contribution in [1.29, 1.82) is 0 Å². The molecule has 0 atom stereocenters. The van der Waals surface area contributed by atoms with E-state index in [1.807, 2.05) is 0 Å². The number of rotatable bonds is 6. The van der Waals surface area contributed by atoms with E-state index in [9.17, 15) is 14.4 Å². The van der Waals surface area contributed by atoms with Crippen LogP contribution in [0.3, 0.4) is 0 Å². The Kier molecular flexibility index (Phi) is 5.82. The van der Waals surface area contributed by atoms with Crippen LogP contribution in [0.5, 0.6) is 0 Å². The topological polar surface area (TPSA) is 95.6 Å². The summed E-state index contributed by atoms with van der Waals surface area (Å²) in [7, 11) is 0. The Morgan fingerprint density at radius 2 is 2.00 bits per heavy atom. The van der Waals surface area contributed by atoms with Gasteiger partial charge in [-0.3, -0.25) is 9.59 Å². The maximum atomic E-state index is 12.6. The molecule has 1 spiro atoms. The van der Waals surface area contributed by atoms with Gasteiger partial charge >= 0.3 is 6.09 Å². The molecule has 0 bridgehead atoms. The fraction of sp³-hybridized carbons (Fsp3) is 0.684. The van der Waals surface area contributed by atoms with E-state index in [-0.39, 0.29) is 17.6 Å². The van der Waals surface area contributed by atoms with Gasteiger partial charge in [-0.15, -0.1) is 0 Å². The molecule has 148 valence electrons. The monoisotopic (exact) mass is 376 g/mol. The number of carbonyl (C=O) groups excluding carboxylic acids is 2. The number of H-pyrrole nitrogens is 1. The van der Waals surface area contributed by atoms with Crippen LogP contribution in [-0.2, 0) is 4.74 Å². The van der Waals surface area contributed by atoms with Gasteiger partial charge in [-0.25, -0.2) is 9.78 Å². The number of aromatic nitrogens is 2. The molecular formula is C19H28N4O4. The molecule has 27 heavy (non-hydrogen) atoms. The van der Waals surface area contributed by atoms with Crippen LogP contribution in [-0.4, -0.2) is 63.5 Å². The zero-order valence-corrected chi connectivity index (χ0v) is 16.1. The highest BCUT2D eigenvalue weighted by Crippen LogP contribution is 2.33. The molecule has 0 unspecified atom stereocenters. The average Bonchev–Trinajstić information content (AvgIpc) is 2.94. The van der Waals surface area contributed by atoms with E-state index in [0.29, 0.717) is 38.3 Å². The maximum Gasteiger partial charge on any atom is 0.410 e. The third-order valence-electron chi connectivity index (χ3n) is 5.44. The lowest BCUT2D eigenvalue weighted by Crippen LogP contribution is -2.49. The molecule has 2 amide bonds. The van der Waals surface area contributed by atoms with Crippen molar-refractivity contribution in [1.82, 2.24) is 19.8 Å². The Morgan fingerprint density at radius 3 is 2.67 bits per heavy atom. The first-order valence-electron chi connectivity index (χ1n) is 9.77. The Hall–Kier alpha value is -2.38. The molecular weight excluding hydrogens is 348 g/mol. The van der Waals surface area contributed by atoms with Crippen LogP contribution < -0.4 is 5.56 Å². The van der Waals surface area contributed by atoms with Gasteiger partial charge in [0.1, 0.15) is 17.0 Å². The van der Waals surface area contributed by atoms with Crippen LogP contribution in [0.25, 0.3) is 0 Å². The standard InChI is InChI=1S/C19H28N4O4/c1-3-4-5-6-9-23-13-19(27-18(23)26)7-10-22(11-8-19)17(25)15-12-20-14(2)21-16(15)24/h12H,3-11,13H2,1-2H3,(H,20,21,24). The van der Waals surface area contributed by atoms with Crippen LogP contribution in [0.1, 0.15) is 61.6 Å². The Morgan fingerprint density at radius 1 is 1.26 bits per heavy atom. The van der Waals surface area contributed by atoms with E-state index < -0.39 is 11.2 Å². The molecule has 0 radical (unpaired) electrons. The minimum absolute atomic E-state index is 0.0533.